The van der Waals surface area contributed by atoms with E-state index in [2.05, 4.69) is 22.8 Å². The highest BCUT2D eigenvalue weighted by Gasteiger charge is 2.14. The van der Waals surface area contributed by atoms with Crippen LogP contribution in [-0.4, -0.2) is 18.0 Å². The Morgan fingerprint density at radius 2 is 1.82 bits per heavy atom. The number of hydrazone groups is 1. The lowest BCUT2D eigenvalue weighted by Crippen LogP contribution is -2.32. The molecule has 22 heavy (non-hydrogen) atoms. The second-order valence-corrected chi connectivity index (χ2v) is 5.62. The Morgan fingerprint density at radius 3 is 2.45 bits per heavy atom. The number of nitrogens with one attached hydrogen (secondary N) is 2. The summed E-state index contributed by atoms with van der Waals surface area (Å²) in [5.74, 6) is -1.03. The smallest absolute Gasteiger partial charge is 0.318 e. The molecule has 0 unspecified atom stereocenters. The number of hydrogen-bond acceptors (Lipinski definition) is 3. The Kier molecular flexibility index (Phi) is 6.13. The van der Waals surface area contributed by atoms with Gasteiger partial charge in [-0.2, -0.15) is 5.10 Å². The molecule has 5 nitrogen and oxygen atoms in total. The standard InChI is InChI=1S/C17H23N3O2/c1-2-13-8-10-15(11-9-13)19-16(21)17(22)20-18-12-14-6-4-3-5-7-14/h8-12,14H,2-7H2,1H3,(H,19,21)(H,20,22). The van der Waals surface area contributed by atoms with Crippen LogP contribution in [0.15, 0.2) is 29.4 Å². The zero-order chi connectivity index (χ0) is 15.8. The van der Waals surface area contributed by atoms with Crippen molar-refractivity contribution in [2.45, 2.75) is 45.4 Å². The summed E-state index contributed by atoms with van der Waals surface area (Å²) in [6, 6.07) is 7.42. The molecule has 0 heterocycles. The summed E-state index contributed by atoms with van der Waals surface area (Å²) in [6.45, 7) is 2.06. The minimum atomic E-state index is -0.744. The number of rotatable bonds is 4. The van der Waals surface area contributed by atoms with Crippen molar-refractivity contribution in [3.8, 4) is 0 Å². The average molecular weight is 301 g/mol. The normalized spacial score (nSPS) is 15.7. The summed E-state index contributed by atoms with van der Waals surface area (Å²) in [7, 11) is 0. The zero-order valence-corrected chi connectivity index (χ0v) is 13.0. The summed E-state index contributed by atoms with van der Waals surface area (Å²) in [5.41, 5.74) is 4.08. The number of carbonyl (C=O) groups is 2. The first kappa shape index (κ1) is 16.2. The first-order chi connectivity index (χ1) is 10.7. The first-order valence-electron chi connectivity index (χ1n) is 7.92. The van der Waals surface area contributed by atoms with E-state index < -0.39 is 11.8 Å². The molecule has 2 amide bonds. The van der Waals surface area contributed by atoms with E-state index in [0.29, 0.717) is 11.6 Å². The van der Waals surface area contributed by atoms with Crippen molar-refractivity contribution in [3.63, 3.8) is 0 Å². The first-order valence-corrected chi connectivity index (χ1v) is 7.92. The zero-order valence-electron chi connectivity index (χ0n) is 13.0. The Bertz CT molecular complexity index is 531. The van der Waals surface area contributed by atoms with Crippen LogP contribution in [0, 0.1) is 5.92 Å². The molecule has 0 aliphatic heterocycles. The van der Waals surface area contributed by atoms with Gasteiger partial charge in [-0.1, -0.05) is 38.3 Å². The molecule has 5 heteroatoms. The summed E-state index contributed by atoms with van der Waals surface area (Å²) in [5, 5.41) is 6.46. The number of benzene rings is 1. The van der Waals surface area contributed by atoms with Gasteiger partial charge in [0.2, 0.25) is 0 Å². The van der Waals surface area contributed by atoms with Crippen molar-refractivity contribution in [1.29, 1.82) is 0 Å². The van der Waals surface area contributed by atoms with Gasteiger partial charge in [-0.05, 0) is 42.9 Å². The molecule has 1 aliphatic rings. The van der Waals surface area contributed by atoms with Crippen LogP contribution in [0.25, 0.3) is 0 Å². The van der Waals surface area contributed by atoms with Crippen LogP contribution in [0.3, 0.4) is 0 Å². The Morgan fingerprint density at radius 1 is 1.14 bits per heavy atom. The summed E-state index contributed by atoms with van der Waals surface area (Å²) in [6.07, 6.45) is 8.59. The highest BCUT2D eigenvalue weighted by molar-refractivity contribution is 6.39. The fourth-order valence-electron chi connectivity index (χ4n) is 2.55. The molecule has 2 rings (SSSR count). The molecule has 2 N–H and O–H groups in total. The maximum atomic E-state index is 11.8. The number of anilines is 1. The van der Waals surface area contributed by atoms with Crippen LogP contribution in [0.4, 0.5) is 5.69 Å². The summed E-state index contributed by atoms with van der Waals surface area (Å²) < 4.78 is 0. The third-order valence-corrected chi connectivity index (χ3v) is 3.93. The van der Waals surface area contributed by atoms with Crippen molar-refractivity contribution in [2.75, 3.05) is 5.32 Å². The minimum Gasteiger partial charge on any atom is -0.318 e. The van der Waals surface area contributed by atoms with Crippen LogP contribution < -0.4 is 10.7 Å². The van der Waals surface area contributed by atoms with Gasteiger partial charge in [-0.25, -0.2) is 5.43 Å². The number of nitrogens with zero attached hydrogens (tertiary/aromatic N) is 1. The maximum Gasteiger partial charge on any atom is 0.329 e. The Labute approximate surface area is 131 Å². The van der Waals surface area contributed by atoms with E-state index in [1.807, 2.05) is 12.1 Å². The van der Waals surface area contributed by atoms with Gasteiger partial charge in [-0.3, -0.25) is 9.59 Å². The van der Waals surface area contributed by atoms with E-state index in [0.717, 1.165) is 19.3 Å². The van der Waals surface area contributed by atoms with Gasteiger partial charge < -0.3 is 5.32 Å². The van der Waals surface area contributed by atoms with Crippen molar-refractivity contribution < 1.29 is 9.59 Å². The molecule has 0 atom stereocenters. The van der Waals surface area contributed by atoms with Crippen molar-refractivity contribution in [1.82, 2.24) is 5.43 Å². The average Bonchev–Trinajstić information content (AvgIpc) is 2.56. The topological polar surface area (TPSA) is 70.6 Å². The summed E-state index contributed by atoms with van der Waals surface area (Å²) in [4.78, 5) is 23.4. The Hall–Kier alpha value is -2.17. The van der Waals surface area contributed by atoms with E-state index in [1.54, 1.807) is 18.3 Å². The number of hydrogen-bond donors (Lipinski definition) is 2. The van der Waals surface area contributed by atoms with Crippen molar-refractivity contribution in [3.05, 3.63) is 29.8 Å². The van der Waals surface area contributed by atoms with Gasteiger partial charge in [0.25, 0.3) is 0 Å². The third kappa shape index (κ3) is 4.98. The van der Waals surface area contributed by atoms with E-state index in [1.165, 1.54) is 24.8 Å². The largest absolute Gasteiger partial charge is 0.329 e. The van der Waals surface area contributed by atoms with Crippen LogP contribution in [0.1, 0.15) is 44.6 Å². The monoisotopic (exact) mass is 301 g/mol. The molecular weight excluding hydrogens is 278 g/mol. The lowest BCUT2D eigenvalue weighted by atomic mass is 9.90. The fraction of sp³-hybridized carbons (Fsp3) is 0.471. The van der Waals surface area contributed by atoms with E-state index in [-0.39, 0.29) is 0 Å². The molecule has 1 aromatic rings. The van der Waals surface area contributed by atoms with Crippen LogP contribution in [0.5, 0.6) is 0 Å². The van der Waals surface area contributed by atoms with Gasteiger partial charge in [-0.15, -0.1) is 0 Å². The SMILES string of the molecule is CCc1ccc(NC(=O)C(=O)NN=CC2CCCCC2)cc1. The number of carbonyl (C=O) groups excluding carboxylic acids is 2. The minimum absolute atomic E-state index is 0.415. The number of aryl methyl sites for hydroxylation is 1. The van der Waals surface area contributed by atoms with Gasteiger partial charge in [0, 0.05) is 11.9 Å². The van der Waals surface area contributed by atoms with E-state index in [9.17, 15) is 9.59 Å². The molecule has 0 bridgehead atoms. The predicted molar refractivity (Wildman–Crippen MR) is 87.7 cm³/mol. The molecule has 0 saturated heterocycles. The quantitative estimate of drug-likeness (QED) is 0.510. The lowest BCUT2D eigenvalue weighted by molar-refractivity contribution is -0.136. The van der Waals surface area contributed by atoms with Gasteiger partial charge >= 0.3 is 11.8 Å². The van der Waals surface area contributed by atoms with Crippen molar-refractivity contribution in [2.24, 2.45) is 11.0 Å². The summed E-state index contributed by atoms with van der Waals surface area (Å²) >= 11 is 0. The molecule has 0 radical (unpaired) electrons. The lowest BCUT2D eigenvalue weighted by Gasteiger charge is -2.16. The molecular formula is C17H23N3O2. The van der Waals surface area contributed by atoms with Crippen LogP contribution in [-0.2, 0) is 16.0 Å². The molecule has 0 spiro atoms. The van der Waals surface area contributed by atoms with Gasteiger partial charge in [0.1, 0.15) is 0 Å². The molecule has 1 aromatic carbocycles. The van der Waals surface area contributed by atoms with Crippen molar-refractivity contribution >= 4 is 23.7 Å². The highest BCUT2D eigenvalue weighted by atomic mass is 16.2. The fourth-order valence-corrected chi connectivity index (χ4v) is 2.55. The Balaban J connectivity index is 1.78. The van der Waals surface area contributed by atoms with E-state index in [4.69, 9.17) is 0 Å². The third-order valence-electron chi connectivity index (χ3n) is 3.93. The second kappa shape index (κ2) is 8.32. The maximum absolute atomic E-state index is 11.8. The highest BCUT2D eigenvalue weighted by Crippen LogP contribution is 2.21. The molecule has 0 aromatic heterocycles. The molecule has 1 fully saturated rings. The predicted octanol–water partition coefficient (Wildman–Crippen LogP) is 2.87. The molecule has 118 valence electrons. The van der Waals surface area contributed by atoms with E-state index >= 15 is 0 Å². The van der Waals surface area contributed by atoms with Crippen LogP contribution >= 0.6 is 0 Å². The molecule has 1 aliphatic carbocycles. The molecule has 1 saturated carbocycles. The second-order valence-electron chi connectivity index (χ2n) is 5.62. The van der Waals surface area contributed by atoms with Crippen LogP contribution in [0.2, 0.25) is 0 Å². The van der Waals surface area contributed by atoms with Gasteiger partial charge in [0.05, 0.1) is 0 Å². The van der Waals surface area contributed by atoms with Gasteiger partial charge in [0.15, 0.2) is 0 Å². The number of amides is 2.